The molecular weight excluding hydrogens is 284 g/mol. The van der Waals surface area contributed by atoms with Crippen molar-refractivity contribution in [3.63, 3.8) is 0 Å². The third-order valence-electron chi connectivity index (χ3n) is 3.17. The van der Waals surface area contributed by atoms with E-state index in [4.69, 9.17) is 17.1 Å². The van der Waals surface area contributed by atoms with Gasteiger partial charge in [0.05, 0.1) is 0 Å². The number of hydrogen-bond donors (Lipinski definition) is 1. The largest absolute Gasteiger partial charge is 0.508 e. The highest BCUT2D eigenvalue weighted by atomic mass is 16.5. The molecule has 0 aliphatic rings. The lowest BCUT2D eigenvalue weighted by Crippen LogP contribution is -1.96. The van der Waals surface area contributed by atoms with E-state index in [0.717, 1.165) is 18.4 Å². The van der Waals surface area contributed by atoms with E-state index >= 15 is 0 Å². The second-order valence-electron chi connectivity index (χ2n) is 5.62. The van der Waals surface area contributed by atoms with Gasteiger partial charge in [0, 0.05) is 18.4 Å². The van der Waals surface area contributed by atoms with Crippen molar-refractivity contribution in [1.82, 2.24) is 0 Å². The zero-order valence-corrected chi connectivity index (χ0v) is 14.1. The fourth-order valence-electron chi connectivity index (χ4n) is 1.99. The minimum atomic E-state index is -3.42. The van der Waals surface area contributed by atoms with Gasteiger partial charge in [0.2, 0.25) is 0 Å². The molecule has 2 heteroatoms. The van der Waals surface area contributed by atoms with Crippen molar-refractivity contribution in [2.45, 2.75) is 66.0 Å². The first-order valence-electron chi connectivity index (χ1n) is 12.2. The van der Waals surface area contributed by atoms with Crippen LogP contribution in [0.4, 0.5) is 0 Å². The van der Waals surface area contributed by atoms with Crippen LogP contribution in [0.2, 0.25) is 0 Å². The first-order chi connectivity index (χ1) is 14.4. The summed E-state index contributed by atoms with van der Waals surface area (Å²) in [6.07, 6.45) is -4.46. The van der Waals surface area contributed by atoms with E-state index in [0.29, 0.717) is 0 Å². The average molecular weight is 326 g/mol. The number of phenols is 1. The number of hydrogen-bond acceptors (Lipinski definition) is 2. The third-order valence-corrected chi connectivity index (χ3v) is 3.17. The van der Waals surface area contributed by atoms with Crippen LogP contribution in [0.15, 0.2) is 41.5 Å². The van der Waals surface area contributed by atoms with E-state index < -0.39 is 32.4 Å². The molecule has 128 valence electrons. The van der Waals surface area contributed by atoms with Gasteiger partial charge in [-0.25, -0.2) is 0 Å². The summed E-state index contributed by atoms with van der Waals surface area (Å²) in [4.78, 5) is 0. The van der Waals surface area contributed by atoms with Crippen LogP contribution in [-0.2, 0) is 6.42 Å². The van der Waals surface area contributed by atoms with Gasteiger partial charge in [-0.2, -0.15) is 0 Å². The zero-order chi connectivity index (χ0) is 25.0. The van der Waals surface area contributed by atoms with Crippen molar-refractivity contribution in [3.05, 3.63) is 47.1 Å². The van der Waals surface area contributed by atoms with Gasteiger partial charge in [-0.3, -0.25) is 0 Å². The predicted molar refractivity (Wildman–Crippen MR) is 99.3 cm³/mol. The van der Waals surface area contributed by atoms with Gasteiger partial charge < -0.3 is 9.84 Å². The average Bonchev–Trinajstić information content (AvgIpc) is 2.59. The van der Waals surface area contributed by atoms with Gasteiger partial charge >= 0.3 is 0 Å². The van der Waals surface area contributed by atoms with Crippen molar-refractivity contribution in [3.8, 4) is 11.5 Å². The Kier molecular flexibility index (Phi) is 4.54. The first-order valence-corrected chi connectivity index (χ1v) is 7.65. The minimum Gasteiger partial charge on any atom is -0.508 e. The molecule has 0 fully saturated rings. The van der Waals surface area contributed by atoms with Crippen LogP contribution < -0.4 is 4.74 Å². The molecule has 0 amide bonds. The van der Waals surface area contributed by atoms with Gasteiger partial charge in [0.15, 0.2) is 0 Å². The lowest BCUT2D eigenvalue weighted by Gasteiger charge is -2.08. The molecule has 0 aliphatic heterocycles. The van der Waals surface area contributed by atoms with Crippen molar-refractivity contribution in [2.75, 3.05) is 6.61 Å². The number of ether oxygens (including phenoxy) is 1. The standard InChI is InChI=1S/C21H32O2/c1-5-6-7-11-19-14-20(22)16-21(15-19)23-13-12-18(4)10-8-9-17(2)3/h9,12,14-16,22H,5-8,10-11,13H2,1-4H3/b18-12+/i1D3,5D2,6D2,7D2. The van der Waals surface area contributed by atoms with Crippen molar-refractivity contribution in [2.24, 2.45) is 0 Å². The molecule has 0 unspecified atom stereocenters. The lowest BCUT2D eigenvalue weighted by molar-refractivity contribution is 0.357. The highest BCUT2D eigenvalue weighted by Gasteiger charge is 2.01. The summed E-state index contributed by atoms with van der Waals surface area (Å²) >= 11 is 0. The Balaban J connectivity index is 2.97. The van der Waals surface area contributed by atoms with Crippen LogP contribution in [-0.4, -0.2) is 11.7 Å². The molecule has 0 saturated heterocycles. The molecule has 0 bridgehead atoms. The predicted octanol–water partition coefficient (Wildman–Crippen LogP) is 6.20. The van der Waals surface area contributed by atoms with Crippen LogP contribution in [0.1, 0.15) is 77.5 Å². The maximum absolute atomic E-state index is 9.98. The number of benzene rings is 1. The maximum Gasteiger partial charge on any atom is 0.123 e. The number of aromatic hydroxyl groups is 1. The molecule has 0 heterocycles. The van der Waals surface area contributed by atoms with Gasteiger partial charge in [0.25, 0.3) is 0 Å². The van der Waals surface area contributed by atoms with Crippen LogP contribution >= 0.6 is 0 Å². The van der Waals surface area contributed by atoms with Gasteiger partial charge in [-0.1, -0.05) is 36.8 Å². The van der Waals surface area contributed by atoms with E-state index in [1.807, 2.05) is 26.8 Å². The number of phenolic OH excluding ortho intramolecular Hbond substituents is 1. The molecule has 23 heavy (non-hydrogen) atoms. The third kappa shape index (κ3) is 9.12. The summed E-state index contributed by atoms with van der Waals surface area (Å²) in [6, 6.07) is 3.97. The van der Waals surface area contributed by atoms with Crippen molar-refractivity contribution in [1.29, 1.82) is 0 Å². The molecule has 1 aromatic rings. The quantitative estimate of drug-likeness (QED) is 0.519. The molecule has 0 radical (unpaired) electrons. The summed E-state index contributed by atoms with van der Waals surface area (Å²) in [7, 11) is 0. The summed E-state index contributed by atoms with van der Waals surface area (Å²) in [5.41, 5.74) is 2.52. The Morgan fingerprint density at radius 3 is 2.78 bits per heavy atom. The Labute approximate surface area is 154 Å². The van der Waals surface area contributed by atoms with Crippen LogP contribution in [0.5, 0.6) is 11.5 Å². The molecule has 0 aliphatic carbocycles. The van der Waals surface area contributed by atoms with Crippen molar-refractivity contribution >= 4 is 0 Å². The number of aryl methyl sites for hydroxylation is 1. The summed E-state index contributed by atoms with van der Waals surface area (Å²) in [5.74, 6) is 0.0143. The maximum atomic E-state index is 9.98. The van der Waals surface area contributed by atoms with E-state index in [9.17, 15) is 5.11 Å². The summed E-state index contributed by atoms with van der Waals surface area (Å²) in [5, 5.41) is 9.98. The SMILES string of the molecule is [2H]C([2H])([2H])C([2H])([2H])C([2H])([2H])C([2H])([2H])Cc1cc(O)cc(OC/C=C(\C)CCC=C(C)C)c1. The molecule has 0 atom stereocenters. The van der Waals surface area contributed by atoms with E-state index in [2.05, 4.69) is 6.08 Å². The van der Waals surface area contributed by atoms with Crippen LogP contribution in [0.25, 0.3) is 0 Å². The Morgan fingerprint density at radius 2 is 2.04 bits per heavy atom. The topological polar surface area (TPSA) is 29.5 Å². The fraction of sp³-hybridized carbons (Fsp3) is 0.524. The highest BCUT2D eigenvalue weighted by molar-refractivity contribution is 5.37. The van der Waals surface area contributed by atoms with Crippen LogP contribution in [0.3, 0.4) is 0 Å². The Bertz CT molecular complexity index is 836. The lowest BCUT2D eigenvalue weighted by atomic mass is 10.1. The fourth-order valence-corrected chi connectivity index (χ4v) is 1.99. The minimum absolute atomic E-state index is 0.152. The molecule has 1 rings (SSSR count). The summed E-state index contributed by atoms with van der Waals surface area (Å²) < 4.78 is 74.9. The van der Waals surface area contributed by atoms with Gasteiger partial charge in [-0.05, 0) is 70.2 Å². The van der Waals surface area contributed by atoms with Crippen molar-refractivity contribution < 1.29 is 22.2 Å². The zero-order valence-electron chi connectivity index (χ0n) is 23.1. The molecule has 0 saturated carbocycles. The molecular formula is C21H32O2. The molecule has 2 nitrogen and oxygen atoms in total. The number of allylic oxidation sites excluding steroid dienone is 3. The summed E-state index contributed by atoms with van der Waals surface area (Å²) in [6.45, 7) is 2.91. The van der Waals surface area contributed by atoms with E-state index in [-0.39, 0.29) is 23.7 Å². The number of rotatable bonds is 10. The molecule has 0 aromatic heterocycles. The molecule has 0 spiro atoms. The van der Waals surface area contributed by atoms with E-state index in [1.54, 1.807) is 0 Å². The highest BCUT2D eigenvalue weighted by Crippen LogP contribution is 2.23. The first kappa shape index (κ1) is 9.56. The van der Waals surface area contributed by atoms with Gasteiger partial charge in [-0.15, -0.1) is 0 Å². The second kappa shape index (κ2) is 10.9. The Morgan fingerprint density at radius 1 is 1.22 bits per heavy atom. The van der Waals surface area contributed by atoms with Crippen LogP contribution in [0, 0.1) is 0 Å². The molecule has 1 N–H and O–H groups in total. The smallest absolute Gasteiger partial charge is 0.123 e. The monoisotopic (exact) mass is 325 g/mol. The Hall–Kier alpha value is -1.70. The normalized spacial score (nSPS) is 19.6. The van der Waals surface area contributed by atoms with E-state index in [1.165, 1.54) is 23.8 Å². The molecule has 1 aromatic carbocycles. The second-order valence-corrected chi connectivity index (χ2v) is 5.62. The van der Waals surface area contributed by atoms with Gasteiger partial charge in [0.1, 0.15) is 18.1 Å².